The molecule has 1 fully saturated rings. The van der Waals surface area contributed by atoms with Gasteiger partial charge in [0.15, 0.2) is 12.2 Å². The van der Waals surface area contributed by atoms with Crippen molar-refractivity contribution in [2.24, 2.45) is 5.92 Å². The van der Waals surface area contributed by atoms with Crippen LogP contribution in [0.25, 0.3) is 22.4 Å². The number of fused-ring (bicyclic) bond motifs is 3. The second-order valence-electron chi connectivity index (χ2n) is 9.60. The zero-order valence-electron chi connectivity index (χ0n) is 17.3. The van der Waals surface area contributed by atoms with Crippen molar-refractivity contribution in [3.8, 4) is 22.4 Å². The summed E-state index contributed by atoms with van der Waals surface area (Å²) in [6.45, 7) is 8.25. The molecule has 2 aliphatic carbocycles. The summed E-state index contributed by atoms with van der Waals surface area (Å²) in [5.74, 6) is 0.854. The second kappa shape index (κ2) is 6.58. The molecule has 1 heterocycles. The third kappa shape index (κ3) is 3.07. The van der Waals surface area contributed by atoms with Crippen molar-refractivity contribution < 1.29 is 4.57 Å². The van der Waals surface area contributed by atoms with E-state index in [9.17, 15) is 0 Å². The lowest BCUT2D eigenvalue weighted by Crippen LogP contribution is -2.47. The average molecular weight is 369 g/mol. The number of rotatable bonds is 3. The predicted octanol–water partition coefficient (Wildman–Crippen LogP) is 6.11. The molecule has 5 rings (SSSR count). The van der Waals surface area contributed by atoms with Crippen LogP contribution in [0.1, 0.15) is 50.4 Å². The summed E-state index contributed by atoms with van der Waals surface area (Å²) in [4.78, 5) is 0. The van der Waals surface area contributed by atoms with E-state index >= 15 is 0 Å². The van der Waals surface area contributed by atoms with Crippen LogP contribution in [0, 0.1) is 5.92 Å². The molecule has 1 aromatic heterocycles. The molecule has 1 heteroatoms. The fraction of sp³-hybridized carbons (Fsp3) is 0.370. The SMILES string of the molecule is CC(C)(C)c1cc(-c2ccccc2)c2c([n+]1CC1CC1)-c1ccccc1CC2. The monoisotopic (exact) mass is 368 g/mol. The maximum Gasteiger partial charge on any atom is 0.216 e. The smallest absolute Gasteiger partial charge is 0.195 e. The third-order valence-electron chi connectivity index (χ3n) is 6.36. The second-order valence-corrected chi connectivity index (χ2v) is 9.60. The highest BCUT2D eigenvalue weighted by Crippen LogP contribution is 2.40. The Kier molecular flexibility index (Phi) is 4.16. The quantitative estimate of drug-likeness (QED) is 0.491. The van der Waals surface area contributed by atoms with E-state index in [4.69, 9.17) is 0 Å². The van der Waals surface area contributed by atoms with Crippen LogP contribution >= 0.6 is 0 Å². The van der Waals surface area contributed by atoms with Gasteiger partial charge in [-0.25, -0.2) is 0 Å². The van der Waals surface area contributed by atoms with Crippen molar-refractivity contribution in [2.75, 3.05) is 0 Å². The summed E-state index contributed by atoms with van der Waals surface area (Å²) in [5, 5.41) is 0. The fourth-order valence-electron chi connectivity index (χ4n) is 4.75. The van der Waals surface area contributed by atoms with E-state index in [1.807, 2.05) is 0 Å². The number of aromatic nitrogens is 1. The minimum absolute atomic E-state index is 0.111. The molecule has 0 amide bonds. The van der Waals surface area contributed by atoms with Gasteiger partial charge in [-0.3, -0.25) is 0 Å². The molecule has 0 radical (unpaired) electrons. The topological polar surface area (TPSA) is 3.88 Å². The summed E-state index contributed by atoms with van der Waals surface area (Å²) in [7, 11) is 0. The Morgan fingerprint density at radius 1 is 0.857 bits per heavy atom. The maximum absolute atomic E-state index is 2.69. The first-order chi connectivity index (χ1) is 13.5. The summed E-state index contributed by atoms with van der Waals surface area (Å²) >= 11 is 0. The van der Waals surface area contributed by atoms with Gasteiger partial charge in [-0.2, -0.15) is 4.57 Å². The van der Waals surface area contributed by atoms with Crippen LogP contribution in [0.5, 0.6) is 0 Å². The van der Waals surface area contributed by atoms with Crippen molar-refractivity contribution in [3.05, 3.63) is 77.5 Å². The molecule has 1 saturated carbocycles. The highest BCUT2D eigenvalue weighted by atomic mass is 15.0. The predicted molar refractivity (Wildman–Crippen MR) is 116 cm³/mol. The maximum atomic E-state index is 2.69. The van der Waals surface area contributed by atoms with Gasteiger partial charge in [-0.1, -0.05) is 69.3 Å². The van der Waals surface area contributed by atoms with Crippen molar-refractivity contribution in [2.45, 2.75) is 58.4 Å². The molecule has 142 valence electrons. The van der Waals surface area contributed by atoms with Gasteiger partial charge in [0.2, 0.25) is 5.69 Å². The van der Waals surface area contributed by atoms with Crippen LogP contribution in [-0.2, 0) is 24.8 Å². The van der Waals surface area contributed by atoms with Crippen molar-refractivity contribution in [3.63, 3.8) is 0 Å². The Labute approximate surface area is 169 Å². The Balaban J connectivity index is 1.85. The lowest BCUT2D eigenvalue weighted by molar-refractivity contribution is -0.700. The van der Waals surface area contributed by atoms with E-state index in [-0.39, 0.29) is 5.41 Å². The van der Waals surface area contributed by atoms with E-state index in [2.05, 4.69) is 86.0 Å². The van der Waals surface area contributed by atoms with E-state index in [1.165, 1.54) is 53.0 Å². The van der Waals surface area contributed by atoms with Crippen molar-refractivity contribution in [1.29, 1.82) is 0 Å². The molecule has 0 N–H and O–H groups in total. The number of benzene rings is 2. The Bertz CT molecular complexity index is 1020. The summed E-state index contributed by atoms with van der Waals surface area (Å²) in [6.07, 6.45) is 5.04. The molecule has 0 unspecified atom stereocenters. The molecular weight excluding hydrogens is 338 g/mol. The molecule has 3 aromatic rings. The number of nitrogens with zero attached hydrogens (tertiary/aromatic N) is 1. The van der Waals surface area contributed by atoms with Gasteiger partial charge in [0, 0.05) is 28.5 Å². The minimum atomic E-state index is 0.111. The van der Waals surface area contributed by atoms with Crippen molar-refractivity contribution in [1.82, 2.24) is 0 Å². The molecule has 0 bridgehead atoms. The first-order valence-corrected chi connectivity index (χ1v) is 10.8. The fourth-order valence-corrected chi connectivity index (χ4v) is 4.75. The van der Waals surface area contributed by atoms with Crippen LogP contribution in [0.3, 0.4) is 0 Å². The number of hydrogen-bond acceptors (Lipinski definition) is 0. The molecule has 1 nitrogen and oxygen atoms in total. The number of pyridine rings is 1. The molecule has 28 heavy (non-hydrogen) atoms. The number of hydrogen-bond donors (Lipinski definition) is 0. The highest BCUT2D eigenvalue weighted by Gasteiger charge is 2.38. The normalized spacial score (nSPS) is 15.8. The first kappa shape index (κ1) is 17.7. The lowest BCUT2D eigenvalue weighted by Gasteiger charge is -2.26. The Hall–Kier alpha value is -2.41. The van der Waals surface area contributed by atoms with Crippen LogP contribution in [0.15, 0.2) is 60.7 Å². The zero-order valence-corrected chi connectivity index (χ0v) is 17.3. The molecule has 0 aliphatic heterocycles. The molecule has 0 atom stereocenters. The van der Waals surface area contributed by atoms with E-state index in [1.54, 1.807) is 5.56 Å². The zero-order chi connectivity index (χ0) is 19.3. The Morgan fingerprint density at radius 3 is 2.29 bits per heavy atom. The molecule has 0 saturated heterocycles. The van der Waals surface area contributed by atoms with Crippen LogP contribution in [0.4, 0.5) is 0 Å². The third-order valence-corrected chi connectivity index (χ3v) is 6.36. The summed E-state index contributed by atoms with van der Waals surface area (Å²) < 4.78 is 2.69. The van der Waals surface area contributed by atoms with Gasteiger partial charge in [0.1, 0.15) is 0 Å². The van der Waals surface area contributed by atoms with Gasteiger partial charge in [-0.15, -0.1) is 0 Å². The standard InChI is InChI=1S/C27H30N/c1-27(2,3)25-17-24(20-9-5-4-6-10-20)23-16-15-21-11-7-8-12-22(21)26(23)28(25)18-19-13-14-19/h4-12,17,19H,13-16,18H2,1-3H3/q+1. The molecule has 2 aromatic carbocycles. The Morgan fingerprint density at radius 2 is 1.57 bits per heavy atom. The van der Waals surface area contributed by atoms with E-state index < -0.39 is 0 Å². The van der Waals surface area contributed by atoms with Crippen LogP contribution < -0.4 is 4.57 Å². The summed E-state index contributed by atoms with van der Waals surface area (Å²) in [6, 6.07) is 22.6. The van der Waals surface area contributed by atoms with E-state index in [0.717, 1.165) is 18.8 Å². The van der Waals surface area contributed by atoms with Crippen LogP contribution in [0.2, 0.25) is 0 Å². The van der Waals surface area contributed by atoms with Crippen molar-refractivity contribution >= 4 is 0 Å². The molecule has 0 spiro atoms. The van der Waals surface area contributed by atoms with Gasteiger partial charge < -0.3 is 0 Å². The highest BCUT2D eigenvalue weighted by molar-refractivity contribution is 5.78. The van der Waals surface area contributed by atoms with Crippen LogP contribution in [-0.4, -0.2) is 0 Å². The lowest BCUT2D eigenvalue weighted by atomic mass is 9.81. The largest absolute Gasteiger partial charge is 0.216 e. The molecule has 2 aliphatic rings. The first-order valence-electron chi connectivity index (χ1n) is 10.8. The molecular formula is C27H30N+. The van der Waals surface area contributed by atoms with E-state index in [0.29, 0.717) is 0 Å². The van der Waals surface area contributed by atoms with Gasteiger partial charge in [-0.05, 0) is 48.4 Å². The number of aryl methyl sites for hydroxylation is 1. The summed E-state index contributed by atoms with van der Waals surface area (Å²) in [5.41, 5.74) is 10.3. The van der Waals surface area contributed by atoms with Gasteiger partial charge in [0.05, 0.1) is 0 Å². The minimum Gasteiger partial charge on any atom is -0.195 e. The average Bonchev–Trinajstić information content (AvgIpc) is 3.51. The van der Waals surface area contributed by atoms with Gasteiger partial charge >= 0.3 is 0 Å². The van der Waals surface area contributed by atoms with Gasteiger partial charge in [0.25, 0.3) is 0 Å².